The molecule has 0 spiro atoms. The fourth-order valence-electron chi connectivity index (χ4n) is 4.30. The SMILES string of the molecule is CN1CC(C2=C(c3coc4cc(CO)ccc34)C(=O)NC2=O)c2cc(F)ccc21. The molecule has 2 amide bonds. The van der Waals surface area contributed by atoms with Gasteiger partial charge in [-0.05, 0) is 35.4 Å². The largest absolute Gasteiger partial charge is 0.464 e. The lowest BCUT2D eigenvalue weighted by molar-refractivity contribution is -0.123. The predicted molar refractivity (Wildman–Crippen MR) is 105 cm³/mol. The molecule has 0 bridgehead atoms. The van der Waals surface area contributed by atoms with Crippen molar-refractivity contribution in [2.24, 2.45) is 0 Å². The molecule has 0 radical (unpaired) electrons. The van der Waals surface area contributed by atoms with E-state index >= 15 is 0 Å². The molecule has 2 aromatic carbocycles. The van der Waals surface area contributed by atoms with Crippen molar-refractivity contribution in [3.8, 4) is 0 Å². The van der Waals surface area contributed by atoms with E-state index in [-0.39, 0.29) is 18.0 Å². The molecule has 0 aliphatic carbocycles. The van der Waals surface area contributed by atoms with Crippen LogP contribution in [0.15, 0.2) is 52.7 Å². The standard InChI is InChI=1S/C22H17FN2O4/c1-25-8-15(14-7-12(23)3-5-17(14)25)19-20(22(28)24-21(19)27)16-10-29-18-6-11(9-26)2-4-13(16)18/h2-7,10,15,26H,8-9H2,1H3,(H,24,27,28). The summed E-state index contributed by atoms with van der Waals surface area (Å²) in [5, 5.41) is 12.4. The molecule has 1 atom stereocenters. The van der Waals surface area contributed by atoms with Gasteiger partial charge in [-0.3, -0.25) is 14.9 Å². The molecule has 3 aromatic rings. The molecule has 5 rings (SSSR count). The zero-order valence-corrected chi connectivity index (χ0v) is 15.5. The molecule has 1 aromatic heterocycles. The van der Waals surface area contributed by atoms with E-state index in [4.69, 9.17) is 4.42 Å². The van der Waals surface area contributed by atoms with E-state index in [2.05, 4.69) is 5.32 Å². The monoisotopic (exact) mass is 392 g/mol. The molecule has 0 saturated heterocycles. The summed E-state index contributed by atoms with van der Waals surface area (Å²) in [6.45, 7) is 0.332. The van der Waals surface area contributed by atoms with Gasteiger partial charge in [0.05, 0.1) is 18.4 Å². The van der Waals surface area contributed by atoms with Crippen LogP contribution in [0.25, 0.3) is 16.5 Å². The minimum Gasteiger partial charge on any atom is -0.464 e. The Labute approximate surface area is 165 Å². The summed E-state index contributed by atoms with van der Waals surface area (Å²) in [5.74, 6) is -1.79. The minimum atomic E-state index is -0.494. The normalized spacial score (nSPS) is 18.7. The number of halogens is 1. The molecule has 146 valence electrons. The highest BCUT2D eigenvalue weighted by Gasteiger charge is 2.41. The summed E-state index contributed by atoms with van der Waals surface area (Å²) in [7, 11) is 1.87. The number of aliphatic hydroxyl groups excluding tert-OH is 1. The summed E-state index contributed by atoms with van der Waals surface area (Å²) in [5.41, 5.74) is 3.79. The second kappa shape index (κ2) is 6.28. The predicted octanol–water partition coefficient (Wildman–Crippen LogP) is 2.71. The lowest BCUT2D eigenvalue weighted by Crippen LogP contribution is -2.25. The molecule has 3 heterocycles. The number of fused-ring (bicyclic) bond motifs is 2. The van der Waals surface area contributed by atoms with E-state index in [0.29, 0.717) is 39.8 Å². The van der Waals surface area contributed by atoms with Crippen molar-refractivity contribution in [2.75, 3.05) is 18.5 Å². The number of hydrogen-bond donors (Lipinski definition) is 2. The Morgan fingerprint density at radius 3 is 2.83 bits per heavy atom. The molecule has 1 unspecified atom stereocenters. The van der Waals surface area contributed by atoms with Gasteiger partial charge in [-0.15, -0.1) is 0 Å². The topological polar surface area (TPSA) is 82.8 Å². The maximum absolute atomic E-state index is 13.9. The van der Waals surface area contributed by atoms with E-state index in [1.165, 1.54) is 18.4 Å². The number of carbonyl (C=O) groups is 2. The Bertz CT molecular complexity index is 1230. The lowest BCUT2D eigenvalue weighted by atomic mass is 9.88. The van der Waals surface area contributed by atoms with Crippen molar-refractivity contribution in [2.45, 2.75) is 12.5 Å². The van der Waals surface area contributed by atoms with Crippen molar-refractivity contribution in [1.29, 1.82) is 0 Å². The number of nitrogens with zero attached hydrogens (tertiary/aromatic N) is 1. The smallest absolute Gasteiger partial charge is 0.259 e. The van der Waals surface area contributed by atoms with E-state index in [9.17, 15) is 19.1 Å². The molecule has 7 heteroatoms. The van der Waals surface area contributed by atoms with Crippen LogP contribution < -0.4 is 10.2 Å². The highest BCUT2D eigenvalue weighted by Crippen LogP contribution is 2.44. The highest BCUT2D eigenvalue weighted by molar-refractivity contribution is 6.37. The molecular weight excluding hydrogens is 375 g/mol. The van der Waals surface area contributed by atoms with E-state index in [1.807, 2.05) is 11.9 Å². The quantitative estimate of drug-likeness (QED) is 0.670. The second-order valence-electron chi connectivity index (χ2n) is 7.35. The number of aliphatic hydroxyl groups is 1. The summed E-state index contributed by atoms with van der Waals surface area (Å²) in [6, 6.07) is 9.69. The van der Waals surface area contributed by atoms with Crippen LogP contribution in [0.2, 0.25) is 0 Å². The summed E-state index contributed by atoms with van der Waals surface area (Å²) in [4.78, 5) is 27.4. The maximum atomic E-state index is 13.9. The molecular formula is C22H17FN2O4. The number of anilines is 1. The van der Waals surface area contributed by atoms with Gasteiger partial charge >= 0.3 is 0 Å². The fourth-order valence-corrected chi connectivity index (χ4v) is 4.30. The van der Waals surface area contributed by atoms with Gasteiger partial charge in [-0.2, -0.15) is 0 Å². The average molecular weight is 392 g/mol. The molecule has 0 fully saturated rings. The molecule has 2 N–H and O–H groups in total. The molecule has 29 heavy (non-hydrogen) atoms. The minimum absolute atomic E-state index is 0.129. The van der Waals surface area contributed by atoms with Crippen molar-refractivity contribution in [1.82, 2.24) is 5.32 Å². The van der Waals surface area contributed by atoms with Crippen LogP contribution >= 0.6 is 0 Å². The second-order valence-corrected chi connectivity index (χ2v) is 7.35. The summed E-state index contributed by atoms with van der Waals surface area (Å²) >= 11 is 0. The van der Waals surface area contributed by atoms with Gasteiger partial charge in [0, 0.05) is 41.7 Å². The number of benzene rings is 2. The number of likely N-dealkylation sites (N-methyl/N-ethyl adjacent to an activating group) is 1. The molecule has 2 aliphatic rings. The van der Waals surface area contributed by atoms with Crippen LogP contribution in [-0.2, 0) is 16.2 Å². The third-order valence-corrected chi connectivity index (χ3v) is 5.64. The molecule has 0 saturated carbocycles. The van der Waals surface area contributed by atoms with Crippen LogP contribution in [0.3, 0.4) is 0 Å². The Morgan fingerprint density at radius 2 is 2.03 bits per heavy atom. The van der Waals surface area contributed by atoms with Gasteiger partial charge in [0.15, 0.2) is 0 Å². The molecule has 2 aliphatic heterocycles. The van der Waals surface area contributed by atoms with Crippen LogP contribution in [0.5, 0.6) is 0 Å². The Morgan fingerprint density at radius 1 is 1.21 bits per heavy atom. The van der Waals surface area contributed by atoms with Crippen molar-refractivity contribution >= 4 is 34.0 Å². The zero-order chi connectivity index (χ0) is 20.3. The van der Waals surface area contributed by atoms with E-state index in [1.54, 1.807) is 24.3 Å². The Hall–Kier alpha value is -3.45. The van der Waals surface area contributed by atoms with Crippen molar-refractivity contribution < 1.29 is 23.5 Å². The Balaban J connectivity index is 1.72. The number of furan rings is 1. The number of amides is 2. The van der Waals surface area contributed by atoms with Gasteiger partial charge in [-0.1, -0.05) is 12.1 Å². The van der Waals surface area contributed by atoms with Crippen molar-refractivity contribution in [3.05, 3.63) is 70.7 Å². The van der Waals surface area contributed by atoms with E-state index < -0.39 is 17.7 Å². The number of rotatable bonds is 3. The lowest BCUT2D eigenvalue weighted by Gasteiger charge is -2.13. The van der Waals surface area contributed by atoms with Crippen LogP contribution in [-0.4, -0.2) is 30.5 Å². The van der Waals surface area contributed by atoms with E-state index in [0.717, 1.165) is 5.69 Å². The average Bonchev–Trinajstić information content (AvgIpc) is 3.34. The number of nitrogens with one attached hydrogen (secondary N) is 1. The van der Waals surface area contributed by atoms with Crippen LogP contribution in [0.1, 0.15) is 22.6 Å². The maximum Gasteiger partial charge on any atom is 0.259 e. The molecule has 6 nitrogen and oxygen atoms in total. The third-order valence-electron chi connectivity index (χ3n) is 5.64. The zero-order valence-electron chi connectivity index (χ0n) is 15.5. The first-order valence-corrected chi connectivity index (χ1v) is 9.19. The van der Waals surface area contributed by atoms with Crippen LogP contribution in [0, 0.1) is 5.82 Å². The van der Waals surface area contributed by atoms with Crippen LogP contribution in [0.4, 0.5) is 10.1 Å². The summed E-state index contributed by atoms with van der Waals surface area (Å²) < 4.78 is 19.5. The van der Waals surface area contributed by atoms with Crippen molar-refractivity contribution in [3.63, 3.8) is 0 Å². The third kappa shape index (κ3) is 2.58. The van der Waals surface area contributed by atoms with Gasteiger partial charge in [0.25, 0.3) is 11.8 Å². The van der Waals surface area contributed by atoms with Gasteiger partial charge in [0.2, 0.25) is 0 Å². The number of carbonyl (C=O) groups excluding carboxylic acids is 2. The number of imide groups is 1. The fraction of sp³-hybridized carbons (Fsp3) is 0.182. The van der Waals surface area contributed by atoms with Gasteiger partial charge in [0.1, 0.15) is 11.4 Å². The first-order valence-electron chi connectivity index (χ1n) is 9.19. The number of hydrogen-bond acceptors (Lipinski definition) is 5. The summed E-state index contributed by atoms with van der Waals surface area (Å²) in [6.07, 6.45) is 1.45. The first-order chi connectivity index (χ1) is 14.0. The highest BCUT2D eigenvalue weighted by atomic mass is 19.1. The van der Waals surface area contributed by atoms with Gasteiger partial charge in [-0.25, -0.2) is 4.39 Å². The first kappa shape index (κ1) is 17.6. The van der Waals surface area contributed by atoms with Gasteiger partial charge < -0.3 is 14.4 Å². The Kier molecular flexibility index (Phi) is 3.82.